The van der Waals surface area contributed by atoms with E-state index in [2.05, 4.69) is 4.98 Å². The highest BCUT2D eigenvalue weighted by atomic mass is 19.1. The zero-order chi connectivity index (χ0) is 13.8. The molecule has 19 heavy (non-hydrogen) atoms. The van der Waals surface area contributed by atoms with Crippen molar-refractivity contribution in [3.05, 3.63) is 46.8 Å². The Kier molecular flexibility index (Phi) is 3.79. The standard InChI is InChI=1S/C13H14FN3O2/c1-2-6-17-7-5-16-12(13(17)18)19-11-4-3-9(14)8-10(11)15/h3-5,7-8H,2,6,15H2,1H3. The average Bonchev–Trinajstić information content (AvgIpc) is 2.37. The third-order valence-electron chi connectivity index (χ3n) is 2.53. The van der Waals surface area contributed by atoms with E-state index >= 15 is 0 Å². The van der Waals surface area contributed by atoms with Crippen molar-refractivity contribution in [3.63, 3.8) is 0 Å². The van der Waals surface area contributed by atoms with Crippen molar-refractivity contribution in [2.45, 2.75) is 19.9 Å². The van der Waals surface area contributed by atoms with Gasteiger partial charge in [-0.2, -0.15) is 0 Å². The van der Waals surface area contributed by atoms with E-state index in [0.717, 1.165) is 12.5 Å². The topological polar surface area (TPSA) is 70.1 Å². The van der Waals surface area contributed by atoms with Gasteiger partial charge in [0.1, 0.15) is 5.82 Å². The van der Waals surface area contributed by atoms with Gasteiger partial charge in [-0.3, -0.25) is 4.79 Å². The first-order valence-electron chi connectivity index (χ1n) is 5.90. The minimum absolute atomic E-state index is 0.0748. The van der Waals surface area contributed by atoms with Crippen LogP contribution in [0.5, 0.6) is 11.6 Å². The van der Waals surface area contributed by atoms with E-state index in [4.69, 9.17) is 10.5 Å². The third kappa shape index (κ3) is 2.90. The first kappa shape index (κ1) is 13.1. The molecule has 0 atom stereocenters. The van der Waals surface area contributed by atoms with Crippen LogP contribution in [-0.4, -0.2) is 9.55 Å². The Hall–Kier alpha value is -2.37. The number of aromatic nitrogens is 2. The molecule has 0 aliphatic carbocycles. The van der Waals surface area contributed by atoms with Crippen LogP contribution in [0, 0.1) is 5.82 Å². The minimum Gasteiger partial charge on any atom is -0.432 e. The average molecular weight is 263 g/mol. The van der Waals surface area contributed by atoms with E-state index in [-0.39, 0.29) is 22.9 Å². The Morgan fingerprint density at radius 1 is 1.47 bits per heavy atom. The molecule has 2 N–H and O–H groups in total. The van der Waals surface area contributed by atoms with Gasteiger partial charge in [-0.15, -0.1) is 0 Å². The van der Waals surface area contributed by atoms with Gasteiger partial charge in [0, 0.05) is 25.0 Å². The third-order valence-corrected chi connectivity index (χ3v) is 2.53. The number of hydrogen-bond acceptors (Lipinski definition) is 4. The minimum atomic E-state index is -0.464. The second kappa shape index (κ2) is 5.51. The van der Waals surface area contributed by atoms with Gasteiger partial charge in [-0.05, 0) is 18.6 Å². The molecule has 2 rings (SSSR count). The molecule has 1 heterocycles. The van der Waals surface area contributed by atoms with Crippen LogP contribution in [0.3, 0.4) is 0 Å². The summed E-state index contributed by atoms with van der Waals surface area (Å²) in [6.45, 7) is 2.54. The van der Waals surface area contributed by atoms with Crippen LogP contribution in [0.2, 0.25) is 0 Å². The van der Waals surface area contributed by atoms with Crippen molar-refractivity contribution in [1.29, 1.82) is 0 Å². The van der Waals surface area contributed by atoms with Gasteiger partial charge in [0.25, 0.3) is 5.88 Å². The van der Waals surface area contributed by atoms with Gasteiger partial charge in [-0.1, -0.05) is 6.92 Å². The summed E-state index contributed by atoms with van der Waals surface area (Å²) >= 11 is 0. The van der Waals surface area contributed by atoms with Crippen LogP contribution >= 0.6 is 0 Å². The fraction of sp³-hybridized carbons (Fsp3) is 0.231. The summed E-state index contributed by atoms with van der Waals surface area (Å²) < 4.78 is 19.8. The zero-order valence-electron chi connectivity index (χ0n) is 10.5. The molecule has 0 bridgehead atoms. The molecule has 0 unspecified atom stereocenters. The fourth-order valence-corrected chi connectivity index (χ4v) is 1.63. The molecule has 0 spiro atoms. The Balaban J connectivity index is 2.33. The van der Waals surface area contributed by atoms with Crippen LogP contribution in [0.1, 0.15) is 13.3 Å². The molecule has 0 radical (unpaired) electrons. The predicted octanol–water partition coefficient (Wildman–Crippen LogP) is 2.17. The molecular weight excluding hydrogens is 249 g/mol. The Labute approximate surface area is 109 Å². The van der Waals surface area contributed by atoms with E-state index in [0.29, 0.717) is 6.54 Å². The first-order chi connectivity index (χ1) is 9.11. The van der Waals surface area contributed by atoms with E-state index < -0.39 is 5.82 Å². The number of ether oxygens (including phenoxy) is 1. The van der Waals surface area contributed by atoms with Crippen molar-refractivity contribution in [1.82, 2.24) is 9.55 Å². The van der Waals surface area contributed by atoms with Crippen molar-refractivity contribution in [3.8, 4) is 11.6 Å². The molecule has 0 fully saturated rings. The molecule has 100 valence electrons. The summed E-state index contributed by atoms with van der Waals surface area (Å²) in [6, 6.07) is 3.70. The number of hydrogen-bond donors (Lipinski definition) is 1. The van der Waals surface area contributed by atoms with Crippen molar-refractivity contribution >= 4 is 5.69 Å². The highest BCUT2D eigenvalue weighted by molar-refractivity contribution is 5.53. The predicted molar refractivity (Wildman–Crippen MR) is 69.7 cm³/mol. The number of benzene rings is 1. The van der Waals surface area contributed by atoms with Gasteiger partial charge < -0.3 is 15.0 Å². The normalized spacial score (nSPS) is 10.4. The van der Waals surface area contributed by atoms with E-state index in [1.165, 1.54) is 22.9 Å². The number of nitrogens with zero attached hydrogens (tertiary/aromatic N) is 2. The molecule has 5 nitrogen and oxygen atoms in total. The number of halogens is 1. The lowest BCUT2D eigenvalue weighted by Crippen LogP contribution is -2.21. The molecular formula is C13H14FN3O2. The Morgan fingerprint density at radius 3 is 2.95 bits per heavy atom. The van der Waals surface area contributed by atoms with Crippen molar-refractivity contribution in [2.75, 3.05) is 5.73 Å². The summed E-state index contributed by atoms with van der Waals surface area (Å²) in [5, 5.41) is 0. The summed E-state index contributed by atoms with van der Waals surface area (Å²) in [5.74, 6) is -0.330. The SMILES string of the molecule is CCCn1ccnc(Oc2ccc(F)cc2N)c1=O. The molecule has 1 aromatic heterocycles. The maximum atomic E-state index is 12.9. The zero-order valence-corrected chi connectivity index (χ0v) is 10.5. The lowest BCUT2D eigenvalue weighted by Gasteiger charge is -2.09. The second-order valence-corrected chi connectivity index (χ2v) is 4.02. The van der Waals surface area contributed by atoms with E-state index in [1.54, 1.807) is 6.20 Å². The van der Waals surface area contributed by atoms with E-state index in [1.807, 2.05) is 6.92 Å². The lowest BCUT2D eigenvalue weighted by molar-refractivity contribution is 0.444. The maximum Gasteiger partial charge on any atom is 0.313 e. The maximum absolute atomic E-state index is 12.9. The van der Waals surface area contributed by atoms with Gasteiger partial charge in [0.05, 0.1) is 5.69 Å². The highest BCUT2D eigenvalue weighted by Gasteiger charge is 2.09. The molecule has 1 aromatic carbocycles. The van der Waals surface area contributed by atoms with Gasteiger partial charge in [0.2, 0.25) is 0 Å². The van der Waals surface area contributed by atoms with Crippen molar-refractivity contribution in [2.24, 2.45) is 0 Å². The number of nitrogen functional groups attached to an aromatic ring is 1. The Morgan fingerprint density at radius 2 is 2.26 bits per heavy atom. The fourth-order valence-electron chi connectivity index (χ4n) is 1.63. The number of nitrogens with two attached hydrogens (primary N) is 1. The first-order valence-corrected chi connectivity index (χ1v) is 5.90. The molecule has 2 aromatic rings. The quantitative estimate of drug-likeness (QED) is 0.858. The van der Waals surface area contributed by atoms with Gasteiger partial charge in [0.15, 0.2) is 5.75 Å². The monoisotopic (exact) mass is 263 g/mol. The summed E-state index contributed by atoms with van der Waals surface area (Å²) in [6.07, 6.45) is 3.89. The number of aryl methyl sites for hydroxylation is 1. The van der Waals surface area contributed by atoms with Crippen molar-refractivity contribution < 1.29 is 9.13 Å². The smallest absolute Gasteiger partial charge is 0.313 e. The summed E-state index contributed by atoms with van der Waals surface area (Å²) in [5.41, 5.74) is 5.39. The largest absolute Gasteiger partial charge is 0.432 e. The highest BCUT2D eigenvalue weighted by Crippen LogP contribution is 2.25. The molecule has 0 aliphatic heterocycles. The van der Waals surface area contributed by atoms with E-state index in [9.17, 15) is 9.18 Å². The summed E-state index contributed by atoms with van der Waals surface area (Å²) in [4.78, 5) is 15.9. The molecule has 0 saturated carbocycles. The van der Waals surface area contributed by atoms with Crippen LogP contribution in [0.4, 0.5) is 10.1 Å². The molecule has 6 heteroatoms. The van der Waals surface area contributed by atoms with Crippen LogP contribution in [0.25, 0.3) is 0 Å². The summed E-state index contributed by atoms with van der Waals surface area (Å²) in [7, 11) is 0. The van der Waals surface area contributed by atoms with Crippen LogP contribution < -0.4 is 16.0 Å². The number of rotatable bonds is 4. The van der Waals surface area contributed by atoms with Gasteiger partial charge >= 0.3 is 5.56 Å². The van der Waals surface area contributed by atoms with Gasteiger partial charge in [-0.25, -0.2) is 9.37 Å². The second-order valence-electron chi connectivity index (χ2n) is 4.02. The molecule has 0 amide bonds. The Bertz CT molecular complexity index is 640. The van der Waals surface area contributed by atoms with Crippen LogP contribution in [-0.2, 0) is 6.54 Å². The molecule has 0 saturated heterocycles. The lowest BCUT2D eigenvalue weighted by atomic mass is 10.3. The van der Waals surface area contributed by atoms with Crippen LogP contribution in [0.15, 0.2) is 35.4 Å². The number of anilines is 1. The molecule has 0 aliphatic rings.